The molecule has 0 radical (unpaired) electrons. The molecule has 1 aliphatic rings. The second-order valence-electron chi connectivity index (χ2n) is 5.15. The SMILES string of the molecule is CCOC(=O)C1=NN(c2ccccc2)C(=O)/C1=C\c1sccc1C. The van der Waals surface area contributed by atoms with Gasteiger partial charge in [-0.1, -0.05) is 18.2 Å². The molecule has 0 aliphatic carbocycles. The van der Waals surface area contributed by atoms with Crippen molar-refractivity contribution in [1.82, 2.24) is 0 Å². The van der Waals surface area contributed by atoms with Gasteiger partial charge in [0.15, 0.2) is 5.71 Å². The number of hydrogen-bond acceptors (Lipinski definition) is 5. The summed E-state index contributed by atoms with van der Waals surface area (Å²) in [5, 5.41) is 7.39. The van der Waals surface area contributed by atoms with Crippen LogP contribution in [0.3, 0.4) is 0 Å². The van der Waals surface area contributed by atoms with E-state index in [-0.39, 0.29) is 23.8 Å². The number of rotatable bonds is 4. The Morgan fingerprint density at radius 2 is 2.04 bits per heavy atom. The van der Waals surface area contributed by atoms with Crippen molar-refractivity contribution in [2.45, 2.75) is 13.8 Å². The molecule has 3 rings (SSSR count). The van der Waals surface area contributed by atoms with Crippen LogP contribution in [0.1, 0.15) is 17.4 Å². The summed E-state index contributed by atoms with van der Waals surface area (Å²) >= 11 is 1.51. The van der Waals surface area contributed by atoms with Crippen LogP contribution >= 0.6 is 11.3 Å². The lowest BCUT2D eigenvalue weighted by molar-refractivity contribution is -0.135. The van der Waals surface area contributed by atoms with Crippen molar-refractivity contribution in [3.63, 3.8) is 0 Å². The van der Waals surface area contributed by atoms with Gasteiger partial charge in [-0.2, -0.15) is 10.1 Å². The lowest BCUT2D eigenvalue weighted by Crippen LogP contribution is -2.22. The Morgan fingerprint density at radius 3 is 2.67 bits per heavy atom. The summed E-state index contributed by atoms with van der Waals surface area (Å²) in [6.45, 7) is 3.90. The van der Waals surface area contributed by atoms with E-state index < -0.39 is 5.97 Å². The number of aryl methyl sites for hydroxylation is 1. The number of para-hydroxylation sites is 1. The molecule has 0 fully saturated rings. The highest BCUT2D eigenvalue weighted by Crippen LogP contribution is 2.27. The van der Waals surface area contributed by atoms with Gasteiger partial charge in [0, 0.05) is 4.88 Å². The van der Waals surface area contributed by atoms with Crippen LogP contribution in [-0.2, 0) is 14.3 Å². The number of carbonyl (C=O) groups excluding carboxylic acids is 2. The van der Waals surface area contributed by atoms with E-state index in [9.17, 15) is 9.59 Å². The third-order valence-corrected chi connectivity index (χ3v) is 4.49. The van der Waals surface area contributed by atoms with Gasteiger partial charge in [0.05, 0.1) is 17.9 Å². The molecule has 0 unspecified atom stereocenters. The first kappa shape index (κ1) is 16.1. The molecule has 0 spiro atoms. The van der Waals surface area contributed by atoms with Gasteiger partial charge in [0.2, 0.25) is 0 Å². The Morgan fingerprint density at radius 1 is 1.29 bits per heavy atom. The molecule has 1 aliphatic heterocycles. The molecule has 2 heterocycles. The highest BCUT2D eigenvalue weighted by Gasteiger charge is 2.36. The average Bonchev–Trinajstić information content (AvgIpc) is 3.13. The molecule has 0 saturated carbocycles. The number of hydrazone groups is 1. The van der Waals surface area contributed by atoms with Crippen LogP contribution in [-0.4, -0.2) is 24.2 Å². The molecule has 2 aromatic rings. The van der Waals surface area contributed by atoms with Crippen LogP contribution in [0.2, 0.25) is 0 Å². The highest BCUT2D eigenvalue weighted by atomic mass is 32.1. The van der Waals surface area contributed by atoms with E-state index in [1.807, 2.05) is 36.6 Å². The van der Waals surface area contributed by atoms with Gasteiger partial charge >= 0.3 is 5.97 Å². The van der Waals surface area contributed by atoms with Crippen molar-refractivity contribution >= 4 is 40.7 Å². The topological polar surface area (TPSA) is 59.0 Å². The predicted molar refractivity (Wildman–Crippen MR) is 95.0 cm³/mol. The van der Waals surface area contributed by atoms with Gasteiger partial charge in [0.25, 0.3) is 5.91 Å². The molecular weight excluding hydrogens is 324 g/mol. The minimum atomic E-state index is -0.593. The smallest absolute Gasteiger partial charge is 0.359 e. The maximum absolute atomic E-state index is 12.8. The predicted octanol–water partition coefficient (Wildman–Crippen LogP) is 3.41. The molecule has 6 heteroatoms. The van der Waals surface area contributed by atoms with E-state index in [2.05, 4.69) is 5.10 Å². The average molecular weight is 340 g/mol. The van der Waals surface area contributed by atoms with E-state index >= 15 is 0 Å². The number of amides is 1. The van der Waals surface area contributed by atoms with E-state index in [1.54, 1.807) is 25.1 Å². The minimum absolute atomic E-state index is 0.0403. The molecule has 1 amide bonds. The summed E-state index contributed by atoms with van der Waals surface area (Å²) in [6, 6.07) is 11.0. The van der Waals surface area contributed by atoms with E-state index in [0.717, 1.165) is 10.4 Å². The molecule has 0 saturated heterocycles. The van der Waals surface area contributed by atoms with Crippen molar-refractivity contribution in [2.75, 3.05) is 11.6 Å². The van der Waals surface area contributed by atoms with Crippen LogP contribution in [0.5, 0.6) is 0 Å². The van der Waals surface area contributed by atoms with Crippen molar-refractivity contribution < 1.29 is 14.3 Å². The Balaban J connectivity index is 2.05. The van der Waals surface area contributed by atoms with Crippen LogP contribution in [0, 0.1) is 6.92 Å². The monoisotopic (exact) mass is 340 g/mol. The number of esters is 1. The summed E-state index contributed by atoms with van der Waals surface area (Å²) in [6.07, 6.45) is 1.71. The zero-order valence-electron chi connectivity index (χ0n) is 13.4. The summed E-state index contributed by atoms with van der Waals surface area (Å²) < 4.78 is 5.05. The van der Waals surface area contributed by atoms with Gasteiger partial charge < -0.3 is 4.74 Å². The first-order valence-electron chi connectivity index (χ1n) is 7.53. The standard InChI is InChI=1S/C18H16N2O3S/c1-3-23-18(22)16-14(11-15-12(2)9-10-24-15)17(21)20(19-16)13-7-5-4-6-8-13/h4-11H,3H2,1-2H3/b14-11-. The number of ether oxygens (including phenoxy) is 1. The molecule has 1 aromatic carbocycles. The van der Waals surface area contributed by atoms with Gasteiger partial charge in [-0.05, 0) is 49.1 Å². The van der Waals surface area contributed by atoms with E-state index in [1.165, 1.54) is 16.3 Å². The fourth-order valence-electron chi connectivity index (χ4n) is 2.30. The van der Waals surface area contributed by atoms with Crippen molar-refractivity contribution in [1.29, 1.82) is 0 Å². The van der Waals surface area contributed by atoms with Gasteiger partial charge in [-0.3, -0.25) is 4.79 Å². The summed E-state index contributed by atoms with van der Waals surface area (Å²) in [5.74, 6) is -0.929. The second kappa shape index (κ2) is 6.80. The lowest BCUT2D eigenvalue weighted by Gasteiger charge is -2.10. The highest BCUT2D eigenvalue weighted by molar-refractivity contribution is 7.11. The largest absolute Gasteiger partial charge is 0.461 e. The molecule has 1 aromatic heterocycles. The zero-order valence-corrected chi connectivity index (χ0v) is 14.2. The summed E-state index contributed by atoms with van der Waals surface area (Å²) in [4.78, 5) is 25.9. The van der Waals surface area contributed by atoms with Crippen molar-refractivity contribution in [3.8, 4) is 0 Å². The normalized spacial score (nSPS) is 15.8. The zero-order chi connectivity index (χ0) is 17.1. The maximum Gasteiger partial charge on any atom is 0.359 e. The van der Waals surface area contributed by atoms with Crippen LogP contribution in [0.4, 0.5) is 5.69 Å². The lowest BCUT2D eigenvalue weighted by atomic mass is 10.1. The fourth-order valence-corrected chi connectivity index (χ4v) is 3.16. The molecular formula is C18H16N2O3S. The van der Waals surface area contributed by atoms with Crippen molar-refractivity contribution in [2.24, 2.45) is 5.10 Å². The van der Waals surface area contributed by atoms with Crippen molar-refractivity contribution in [3.05, 3.63) is 57.8 Å². The van der Waals surface area contributed by atoms with Gasteiger partial charge in [-0.15, -0.1) is 11.3 Å². The molecule has 122 valence electrons. The molecule has 0 bridgehead atoms. The Kier molecular flexibility index (Phi) is 4.57. The van der Waals surface area contributed by atoms with Crippen LogP contribution < -0.4 is 5.01 Å². The Bertz CT molecular complexity index is 837. The Hall–Kier alpha value is -2.73. The number of benzene rings is 1. The van der Waals surface area contributed by atoms with Crippen LogP contribution in [0.15, 0.2) is 52.5 Å². The number of anilines is 1. The summed E-state index contributed by atoms with van der Waals surface area (Å²) in [7, 11) is 0. The van der Waals surface area contributed by atoms with Gasteiger partial charge in [-0.25, -0.2) is 4.79 Å². The third kappa shape index (κ3) is 3.00. The van der Waals surface area contributed by atoms with E-state index in [0.29, 0.717) is 5.69 Å². The number of thiophene rings is 1. The molecule has 5 nitrogen and oxygen atoms in total. The number of carbonyl (C=O) groups is 2. The van der Waals surface area contributed by atoms with E-state index in [4.69, 9.17) is 4.74 Å². The number of hydrogen-bond donors (Lipinski definition) is 0. The molecule has 24 heavy (non-hydrogen) atoms. The third-order valence-electron chi connectivity index (χ3n) is 3.52. The first-order valence-corrected chi connectivity index (χ1v) is 8.41. The fraction of sp³-hybridized carbons (Fsp3) is 0.167. The first-order chi connectivity index (χ1) is 11.6. The Labute approximate surface area is 143 Å². The second-order valence-corrected chi connectivity index (χ2v) is 6.10. The molecule has 0 N–H and O–H groups in total. The minimum Gasteiger partial charge on any atom is -0.461 e. The molecule has 0 atom stereocenters. The maximum atomic E-state index is 12.8. The number of nitrogens with zero attached hydrogens (tertiary/aromatic N) is 2. The quantitative estimate of drug-likeness (QED) is 0.633. The van der Waals surface area contributed by atoms with Crippen LogP contribution in [0.25, 0.3) is 6.08 Å². The van der Waals surface area contributed by atoms with Gasteiger partial charge in [0.1, 0.15) is 0 Å². The summed E-state index contributed by atoms with van der Waals surface area (Å²) in [5.41, 5.74) is 1.94.